The third-order valence-corrected chi connectivity index (χ3v) is 1.87. The van der Waals surface area contributed by atoms with E-state index in [4.69, 9.17) is 5.11 Å². The summed E-state index contributed by atoms with van der Waals surface area (Å²) in [5.41, 5.74) is 0. The van der Waals surface area contributed by atoms with Gasteiger partial charge >= 0.3 is 5.97 Å². The van der Waals surface area contributed by atoms with Crippen molar-refractivity contribution in [2.45, 2.75) is 27.7 Å². The molecule has 3 heteroatoms. The van der Waals surface area contributed by atoms with Gasteiger partial charge in [0.1, 0.15) is 0 Å². The van der Waals surface area contributed by atoms with Crippen molar-refractivity contribution in [2.24, 2.45) is 11.8 Å². The Morgan fingerprint density at radius 2 is 1.67 bits per heavy atom. The fraction of sp³-hybridized carbons (Fsp3) is 0.750. The molecule has 1 N–H and O–H groups in total. The molecule has 88 valence electrons. The molecule has 15 heavy (non-hydrogen) atoms. The topological polar surface area (TPSA) is 40.5 Å². The first-order valence-corrected chi connectivity index (χ1v) is 5.53. The molecular formula is C12H23NO2. The van der Waals surface area contributed by atoms with Crippen LogP contribution in [0.2, 0.25) is 0 Å². The summed E-state index contributed by atoms with van der Waals surface area (Å²) < 4.78 is 0. The molecule has 0 atom stereocenters. The van der Waals surface area contributed by atoms with Gasteiger partial charge in [0.2, 0.25) is 0 Å². The number of nitrogens with zero attached hydrogens (tertiary/aromatic N) is 1. The second-order valence-corrected chi connectivity index (χ2v) is 4.75. The molecule has 3 nitrogen and oxygen atoms in total. The lowest BCUT2D eigenvalue weighted by molar-refractivity contribution is -0.131. The lowest BCUT2D eigenvalue weighted by Crippen LogP contribution is -2.31. The molecule has 0 spiro atoms. The van der Waals surface area contributed by atoms with E-state index in [2.05, 4.69) is 32.6 Å². The number of hydrogen-bond donors (Lipinski definition) is 1. The smallest absolute Gasteiger partial charge is 0.328 e. The molecule has 0 aromatic rings. The average molecular weight is 213 g/mol. The molecule has 0 bridgehead atoms. The first-order chi connectivity index (χ1) is 6.91. The van der Waals surface area contributed by atoms with Gasteiger partial charge in [0.15, 0.2) is 0 Å². The molecule has 0 saturated heterocycles. The minimum Gasteiger partial charge on any atom is -0.478 e. The molecule has 0 fully saturated rings. The third-order valence-electron chi connectivity index (χ3n) is 1.87. The summed E-state index contributed by atoms with van der Waals surface area (Å²) in [5.74, 6) is 0.355. The Morgan fingerprint density at radius 1 is 1.20 bits per heavy atom. The van der Waals surface area contributed by atoms with Crippen molar-refractivity contribution in [1.29, 1.82) is 0 Å². The summed E-state index contributed by atoms with van der Waals surface area (Å²) in [6.07, 6.45) is 2.93. The molecule has 0 amide bonds. The minimum absolute atomic E-state index is 0.613. The van der Waals surface area contributed by atoms with E-state index in [1.807, 2.05) is 0 Å². The van der Waals surface area contributed by atoms with Crippen LogP contribution >= 0.6 is 0 Å². The molecular weight excluding hydrogens is 190 g/mol. The van der Waals surface area contributed by atoms with Crippen LogP contribution in [0.5, 0.6) is 0 Å². The van der Waals surface area contributed by atoms with Crippen LogP contribution in [-0.2, 0) is 4.79 Å². The highest BCUT2D eigenvalue weighted by atomic mass is 16.4. The van der Waals surface area contributed by atoms with Gasteiger partial charge in [-0.3, -0.25) is 4.90 Å². The zero-order chi connectivity index (χ0) is 11.8. The molecule has 0 heterocycles. The summed E-state index contributed by atoms with van der Waals surface area (Å²) in [6.45, 7) is 11.5. The van der Waals surface area contributed by atoms with E-state index in [0.717, 1.165) is 19.6 Å². The second-order valence-electron chi connectivity index (χ2n) is 4.75. The molecule has 0 aliphatic heterocycles. The summed E-state index contributed by atoms with van der Waals surface area (Å²) in [5, 5.41) is 8.48. The Hall–Kier alpha value is -0.830. The predicted molar refractivity (Wildman–Crippen MR) is 62.9 cm³/mol. The summed E-state index contributed by atoms with van der Waals surface area (Å²) >= 11 is 0. The number of aliphatic carboxylic acids is 1. The highest BCUT2D eigenvalue weighted by molar-refractivity contribution is 5.79. The van der Waals surface area contributed by atoms with Gasteiger partial charge in [-0.05, 0) is 11.8 Å². The highest BCUT2D eigenvalue weighted by Gasteiger charge is 2.07. The predicted octanol–water partition coefficient (Wildman–Crippen LogP) is 2.24. The summed E-state index contributed by atoms with van der Waals surface area (Å²) in [4.78, 5) is 12.6. The van der Waals surface area contributed by atoms with Crippen LogP contribution in [-0.4, -0.2) is 35.6 Å². The lowest BCUT2D eigenvalue weighted by atomic mass is 10.1. The fourth-order valence-corrected chi connectivity index (χ4v) is 1.56. The first kappa shape index (κ1) is 14.2. The number of carboxylic acid groups (broad SMARTS) is 1. The van der Waals surface area contributed by atoms with E-state index in [0.29, 0.717) is 11.8 Å². The zero-order valence-electron chi connectivity index (χ0n) is 10.2. The second kappa shape index (κ2) is 7.46. The van der Waals surface area contributed by atoms with Crippen LogP contribution in [0.4, 0.5) is 0 Å². The molecule has 0 aliphatic rings. The molecule has 0 aromatic heterocycles. The van der Waals surface area contributed by atoms with E-state index in [9.17, 15) is 4.79 Å². The molecule has 0 rings (SSSR count). The third kappa shape index (κ3) is 9.47. The average Bonchev–Trinajstić information content (AvgIpc) is 2.00. The summed E-state index contributed by atoms with van der Waals surface area (Å²) in [7, 11) is 0. The van der Waals surface area contributed by atoms with E-state index >= 15 is 0 Å². The van der Waals surface area contributed by atoms with Crippen molar-refractivity contribution in [3.05, 3.63) is 12.2 Å². The van der Waals surface area contributed by atoms with Gasteiger partial charge in [0.05, 0.1) is 0 Å². The van der Waals surface area contributed by atoms with Crippen LogP contribution in [0.15, 0.2) is 12.2 Å². The van der Waals surface area contributed by atoms with Crippen molar-refractivity contribution >= 4 is 5.97 Å². The Labute approximate surface area is 92.8 Å². The Morgan fingerprint density at radius 3 is 2.00 bits per heavy atom. The zero-order valence-corrected chi connectivity index (χ0v) is 10.2. The molecule has 0 saturated carbocycles. The van der Waals surface area contributed by atoms with Gasteiger partial charge < -0.3 is 5.11 Å². The van der Waals surface area contributed by atoms with Gasteiger partial charge in [-0.25, -0.2) is 4.79 Å². The van der Waals surface area contributed by atoms with Crippen LogP contribution in [0.1, 0.15) is 27.7 Å². The van der Waals surface area contributed by atoms with Crippen molar-refractivity contribution in [2.75, 3.05) is 19.6 Å². The van der Waals surface area contributed by atoms with E-state index in [1.54, 1.807) is 6.08 Å². The Kier molecular flexibility index (Phi) is 7.05. The Bertz CT molecular complexity index is 200. The minimum atomic E-state index is -0.871. The van der Waals surface area contributed by atoms with Gasteiger partial charge in [-0.1, -0.05) is 33.8 Å². The van der Waals surface area contributed by atoms with Crippen molar-refractivity contribution < 1.29 is 9.90 Å². The number of carbonyl (C=O) groups is 1. The van der Waals surface area contributed by atoms with E-state index < -0.39 is 5.97 Å². The molecule has 0 radical (unpaired) electrons. The van der Waals surface area contributed by atoms with E-state index in [1.165, 1.54) is 6.08 Å². The quantitative estimate of drug-likeness (QED) is 0.659. The summed E-state index contributed by atoms with van der Waals surface area (Å²) in [6, 6.07) is 0. The standard InChI is InChI=1S/C12H23NO2/c1-10(2)8-13(9-11(3)4)7-5-6-12(14)15/h5-6,10-11H,7-9H2,1-4H3,(H,14,15). The van der Waals surface area contributed by atoms with Gasteiger partial charge in [0.25, 0.3) is 0 Å². The number of rotatable bonds is 7. The largest absolute Gasteiger partial charge is 0.478 e. The Balaban J connectivity index is 4.06. The molecule has 0 aliphatic carbocycles. The monoisotopic (exact) mass is 213 g/mol. The molecule has 0 unspecified atom stereocenters. The van der Waals surface area contributed by atoms with Crippen molar-refractivity contribution in [1.82, 2.24) is 4.90 Å². The van der Waals surface area contributed by atoms with Crippen molar-refractivity contribution in [3.63, 3.8) is 0 Å². The fourth-order valence-electron chi connectivity index (χ4n) is 1.56. The van der Waals surface area contributed by atoms with Gasteiger partial charge in [-0.2, -0.15) is 0 Å². The van der Waals surface area contributed by atoms with Gasteiger partial charge in [-0.15, -0.1) is 0 Å². The van der Waals surface area contributed by atoms with Gasteiger partial charge in [0, 0.05) is 25.7 Å². The molecule has 0 aromatic carbocycles. The maximum atomic E-state index is 10.3. The highest BCUT2D eigenvalue weighted by Crippen LogP contribution is 2.03. The van der Waals surface area contributed by atoms with Crippen LogP contribution in [0.25, 0.3) is 0 Å². The maximum Gasteiger partial charge on any atom is 0.328 e. The van der Waals surface area contributed by atoms with Crippen LogP contribution < -0.4 is 0 Å². The first-order valence-electron chi connectivity index (χ1n) is 5.53. The lowest BCUT2D eigenvalue weighted by Gasteiger charge is -2.24. The maximum absolute atomic E-state index is 10.3. The number of hydrogen-bond acceptors (Lipinski definition) is 2. The van der Waals surface area contributed by atoms with Crippen LogP contribution in [0, 0.1) is 11.8 Å². The number of carboxylic acids is 1. The van der Waals surface area contributed by atoms with Crippen molar-refractivity contribution in [3.8, 4) is 0 Å². The van der Waals surface area contributed by atoms with Crippen LogP contribution in [0.3, 0.4) is 0 Å². The SMILES string of the molecule is CC(C)CN(CC=CC(=O)O)CC(C)C. The normalized spacial score (nSPS) is 12.2. The van der Waals surface area contributed by atoms with E-state index in [-0.39, 0.29) is 0 Å².